The summed E-state index contributed by atoms with van der Waals surface area (Å²) < 4.78 is 17.2. The third-order valence-electron chi connectivity index (χ3n) is 2.84. The molecule has 0 saturated heterocycles. The van der Waals surface area contributed by atoms with Gasteiger partial charge in [0, 0.05) is 24.3 Å². The summed E-state index contributed by atoms with van der Waals surface area (Å²) in [5.74, 6) is -0.306. The molecule has 2 rings (SSSR count). The van der Waals surface area contributed by atoms with Crippen molar-refractivity contribution in [1.82, 2.24) is 0 Å². The minimum absolute atomic E-state index is 0. The van der Waals surface area contributed by atoms with Crippen LogP contribution in [-0.2, 0) is 9.47 Å². The van der Waals surface area contributed by atoms with Gasteiger partial charge in [-0.15, -0.1) is 0 Å². The summed E-state index contributed by atoms with van der Waals surface area (Å²) in [6.45, 7) is 0. The zero-order chi connectivity index (χ0) is 20.7. The maximum absolute atomic E-state index is 11.4. The Balaban J connectivity index is 0.00000420. The quantitative estimate of drug-likeness (QED) is 0.184. The molecule has 0 aliphatic carbocycles. The van der Waals surface area contributed by atoms with Crippen molar-refractivity contribution in [2.75, 3.05) is 0 Å². The molecule has 0 unspecified atom stereocenters. The molecule has 13 nitrogen and oxygen atoms in total. The van der Waals surface area contributed by atoms with E-state index < -0.39 is 28.3 Å². The third kappa shape index (κ3) is 8.86. The molecule has 0 aromatic heterocycles. The van der Waals surface area contributed by atoms with Gasteiger partial charge in [0.1, 0.15) is 11.5 Å². The van der Waals surface area contributed by atoms with Gasteiger partial charge in [0.05, 0.1) is 9.83 Å². The van der Waals surface area contributed by atoms with E-state index in [4.69, 9.17) is 5.21 Å². The van der Waals surface area contributed by atoms with Gasteiger partial charge < -0.3 is 18.9 Å². The Morgan fingerprint density at radius 3 is 1.40 bits per heavy atom. The zero-order valence-corrected chi connectivity index (χ0v) is 13.5. The van der Waals surface area contributed by atoms with E-state index in [0.29, 0.717) is 0 Å². The van der Waals surface area contributed by atoms with E-state index in [1.54, 1.807) is 0 Å². The molecule has 2 aromatic carbocycles. The SMILES string of the molecule is O=C(OC(=O)Oc1ccc([N+](=O)[O-])cc1)OC(=O)Oc1ccc([N+](=O)O)cc1.[NaH].[NaH]. The standard InChI is InChI=1S/C15H9N2O11.2Na.2H/c18-13(25-11-5-1-9(2-6-11)16(21)22)27-15(20)28-14(19)26-12-7-3-10(4-8-12)17(23)24;;;;/h1-8H,(H,21,22);;;;/q+1;;;;. The van der Waals surface area contributed by atoms with E-state index in [1.165, 1.54) is 0 Å². The molecule has 0 radical (unpaired) electrons. The van der Waals surface area contributed by atoms with E-state index in [-0.39, 0.29) is 82.0 Å². The number of nitrogens with zero attached hydrogens (tertiary/aromatic N) is 2. The molecule has 0 aliphatic rings. The summed E-state index contributed by atoms with van der Waals surface area (Å²) in [6.07, 6.45) is -4.87. The van der Waals surface area contributed by atoms with Crippen molar-refractivity contribution in [1.29, 1.82) is 0 Å². The van der Waals surface area contributed by atoms with Crippen LogP contribution in [0, 0.1) is 15.0 Å². The Bertz CT molecular complexity index is 857. The molecule has 0 bridgehead atoms. The number of nitro benzene ring substituents is 1. The van der Waals surface area contributed by atoms with Crippen LogP contribution in [0.5, 0.6) is 11.5 Å². The molecule has 1 N–H and O–H groups in total. The second-order valence-electron chi connectivity index (χ2n) is 4.68. The van der Waals surface area contributed by atoms with Gasteiger partial charge in [-0.3, -0.25) is 10.1 Å². The fourth-order valence-corrected chi connectivity index (χ4v) is 1.67. The van der Waals surface area contributed by atoms with Gasteiger partial charge in [-0.25, -0.2) is 19.6 Å². The third-order valence-corrected chi connectivity index (χ3v) is 2.84. The van der Waals surface area contributed by atoms with E-state index in [1.807, 2.05) is 0 Å². The van der Waals surface area contributed by atoms with E-state index in [2.05, 4.69) is 18.9 Å². The Kier molecular flexibility index (Phi) is 11.8. The molecule has 30 heavy (non-hydrogen) atoms. The second kappa shape index (κ2) is 12.9. The second-order valence-corrected chi connectivity index (χ2v) is 4.68. The molecule has 0 aliphatic heterocycles. The predicted molar refractivity (Wildman–Crippen MR) is 98.5 cm³/mol. The molecular weight excluding hydrogens is 430 g/mol. The van der Waals surface area contributed by atoms with Crippen molar-refractivity contribution >= 4 is 89.0 Å². The van der Waals surface area contributed by atoms with E-state index in [9.17, 15) is 29.4 Å². The fraction of sp³-hybridized carbons (Fsp3) is 0. The van der Waals surface area contributed by atoms with Crippen LogP contribution in [0.15, 0.2) is 48.5 Å². The van der Waals surface area contributed by atoms with Crippen LogP contribution in [0.2, 0.25) is 0 Å². The minimum atomic E-state index is -1.75. The molecule has 0 spiro atoms. The van der Waals surface area contributed by atoms with Crippen LogP contribution in [0.1, 0.15) is 0 Å². The summed E-state index contributed by atoms with van der Waals surface area (Å²) in [5.41, 5.74) is -0.396. The Labute approximate surface area is 211 Å². The first-order valence-corrected chi connectivity index (χ1v) is 7.08. The number of hydrogen-bond acceptors (Lipinski definition) is 10. The monoisotopic (exact) mass is 441 g/mol. The summed E-state index contributed by atoms with van der Waals surface area (Å²) in [4.78, 5) is 54.1. The van der Waals surface area contributed by atoms with Crippen LogP contribution in [0.4, 0.5) is 25.8 Å². The number of ether oxygens (including phenoxy) is 4. The normalized spacial score (nSPS) is 9.07. The van der Waals surface area contributed by atoms with Crippen LogP contribution in [0.3, 0.4) is 0 Å². The maximum atomic E-state index is 11.4. The zero-order valence-electron chi connectivity index (χ0n) is 13.5. The molecule has 0 atom stereocenters. The summed E-state index contributed by atoms with van der Waals surface area (Å²) in [5, 5.41) is 19.2. The van der Waals surface area contributed by atoms with Crippen molar-refractivity contribution in [3.05, 3.63) is 63.6 Å². The Morgan fingerprint density at radius 1 is 0.700 bits per heavy atom. The molecule has 0 heterocycles. The van der Waals surface area contributed by atoms with E-state index >= 15 is 0 Å². The number of carbonyl (C=O) groups excluding carboxylic acids is 3. The summed E-state index contributed by atoms with van der Waals surface area (Å²) in [7, 11) is 0. The van der Waals surface area contributed by atoms with Gasteiger partial charge >= 0.3 is 83.3 Å². The molecule has 148 valence electrons. The number of non-ortho nitro benzene ring substituents is 1. The fourth-order valence-electron chi connectivity index (χ4n) is 1.67. The molecular formula is C15H11N2Na2O11+. The van der Waals surface area contributed by atoms with Crippen LogP contribution in [-0.4, -0.2) is 92.6 Å². The number of hydrogen-bond donors (Lipinski definition) is 1. The molecule has 0 amide bonds. The average molecular weight is 441 g/mol. The van der Waals surface area contributed by atoms with Crippen molar-refractivity contribution in [3.8, 4) is 11.5 Å². The molecule has 0 saturated carbocycles. The van der Waals surface area contributed by atoms with Gasteiger partial charge in [0.15, 0.2) is 0 Å². The summed E-state index contributed by atoms with van der Waals surface area (Å²) in [6, 6.07) is 8.71. The Hall–Kier alpha value is -2.55. The first-order chi connectivity index (χ1) is 13.2. The number of rotatable bonds is 4. The van der Waals surface area contributed by atoms with Crippen molar-refractivity contribution in [2.24, 2.45) is 0 Å². The van der Waals surface area contributed by atoms with Gasteiger partial charge in [-0.1, -0.05) is 0 Å². The van der Waals surface area contributed by atoms with Crippen molar-refractivity contribution < 1.29 is 48.4 Å². The van der Waals surface area contributed by atoms with E-state index in [0.717, 1.165) is 48.5 Å². The summed E-state index contributed by atoms with van der Waals surface area (Å²) >= 11 is 0. The molecule has 15 heteroatoms. The van der Waals surface area contributed by atoms with Gasteiger partial charge in [-0.2, -0.15) is 0 Å². The number of nitro groups is 1. The first-order valence-electron chi connectivity index (χ1n) is 7.08. The topological polar surface area (TPSA) is 172 Å². The van der Waals surface area contributed by atoms with Crippen LogP contribution in [0.25, 0.3) is 0 Å². The number of benzene rings is 2. The van der Waals surface area contributed by atoms with Crippen molar-refractivity contribution in [2.45, 2.75) is 0 Å². The first kappa shape index (κ1) is 27.5. The molecule has 2 aromatic rings. The molecule has 0 fully saturated rings. The van der Waals surface area contributed by atoms with Gasteiger partial charge in [0.2, 0.25) is 0 Å². The van der Waals surface area contributed by atoms with Crippen LogP contribution >= 0.6 is 0 Å². The predicted octanol–water partition coefficient (Wildman–Crippen LogP) is 1.95. The van der Waals surface area contributed by atoms with Crippen molar-refractivity contribution in [3.63, 3.8) is 0 Å². The number of carbonyl (C=O) groups is 3. The Morgan fingerprint density at radius 2 is 1.07 bits per heavy atom. The average Bonchev–Trinajstić information content (AvgIpc) is 2.62. The van der Waals surface area contributed by atoms with Gasteiger partial charge in [0.25, 0.3) is 10.6 Å². The van der Waals surface area contributed by atoms with Gasteiger partial charge in [-0.05, 0) is 24.3 Å². The van der Waals surface area contributed by atoms with Crippen LogP contribution < -0.4 is 9.47 Å².